The van der Waals surface area contributed by atoms with Crippen LogP contribution in [0.2, 0.25) is 0 Å². The summed E-state index contributed by atoms with van der Waals surface area (Å²) in [6.07, 6.45) is -2.96. The Morgan fingerprint density at radius 2 is 2.15 bits per heavy atom. The van der Waals surface area contributed by atoms with E-state index in [1.54, 1.807) is 6.92 Å². The molecule has 0 saturated carbocycles. The van der Waals surface area contributed by atoms with Crippen LogP contribution in [0.5, 0.6) is 0 Å². The van der Waals surface area contributed by atoms with Gasteiger partial charge in [-0.25, -0.2) is 0 Å². The minimum Gasteiger partial charge on any atom is -0.467 e. The molecule has 1 unspecified atom stereocenters. The molecule has 74 valence electrons. The third-order valence-electron chi connectivity index (χ3n) is 1.78. The Hall–Kier alpha value is -0.970. The molecule has 13 heavy (non-hydrogen) atoms. The lowest BCUT2D eigenvalue weighted by atomic mass is 10.1. The number of hydrogen-bond donors (Lipinski definition) is 1. The fourth-order valence-corrected chi connectivity index (χ4v) is 1.03. The fourth-order valence-electron chi connectivity index (χ4n) is 1.03. The van der Waals surface area contributed by atoms with Crippen molar-refractivity contribution in [3.05, 3.63) is 23.7 Å². The Morgan fingerprint density at radius 3 is 2.62 bits per heavy atom. The van der Waals surface area contributed by atoms with E-state index >= 15 is 0 Å². The first-order valence-electron chi connectivity index (χ1n) is 3.87. The predicted molar refractivity (Wildman–Crippen MR) is 40.9 cm³/mol. The molecule has 0 spiro atoms. The van der Waals surface area contributed by atoms with Crippen molar-refractivity contribution in [1.29, 1.82) is 0 Å². The molecule has 0 bridgehead atoms. The van der Waals surface area contributed by atoms with Crippen molar-refractivity contribution in [3.63, 3.8) is 0 Å². The van der Waals surface area contributed by atoms with Crippen LogP contribution >= 0.6 is 0 Å². The Labute approximate surface area is 73.5 Å². The van der Waals surface area contributed by atoms with E-state index in [-0.39, 0.29) is 5.76 Å². The van der Waals surface area contributed by atoms with Crippen LogP contribution in [0.15, 0.2) is 16.7 Å². The lowest BCUT2D eigenvalue weighted by Crippen LogP contribution is -2.14. The van der Waals surface area contributed by atoms with Gasteiger partial charge in [0.2, 0.25) is 0 Å². The van der Waals surface area contributed by atoms with Crippen LogP contribution in [-0.4, -0.2) is 0 Å². The van der Waals surface area contributed by atoms with Crippen molar-refractivity contribution < 1.29 is 17.6 Å². The molecule has 1 atom stereocenters. The zero-order valence-electron chi connectivity index (χ0n) is 7.06. The van der Waals surface area contributed by atoms with Gasteiger partial charge in [0.25, 0.3) is 0 Å². The van der Waals surface area contributed by atoms with Crippen molar-refractivity contribution in [2.24, 2.45) is 5.73 Å². The average Bonchev–Trinajstić information content (AvgIpc) is 2.49. The van der Waals surface area contributed by atoms with E-state index in [2.05, 4.69) is 0 Å². The second-order valence-corrected chi connectivity index (χ2v) is 2.71. The summed E-state index contributed by atoms with van der Waals surface area (Å²) in [7, 11) is 0. The summed E-state index contributed by atoms with van der Waals surface area (Å²) >= 11 is 0. The molecule has 2 N–H and O–H groups in total. The van der Waals surface area contributed by atoms with Gasteiger partial charge in [0.1, 0.15) is 5.76 Å². The number of nitrogens with two attached hydrogens (primary N) is 1. The van der Waals surface area contributed by atoms with Crippen LogP contribution in [0.3, 0.4) is 0 Å². The number of halogens is 3. The van der Waals surface area contributed by atoms with Gasteiger partial charge in [0.05, 0.1) is 17.9 Å². The molecule has 2 nitrogen and oxygen atoms in total. The lowest BCUT2D eigenvalue weighted by Gasteiger charge is -2.10. The van der Waals surface area contributed by atoms with Crippen molar-refractivity contribution in [2.75, 3.05) is 0 Å². The summed E-state index contributed by atoms with van der Waals surface area (Å²) in [5.74, 6) is -0.185. The summed E-state index contributed by atoms with van der Waals surface area (Å²) in [5, 5.41) is 0. The lowest BCUT2D eigenvalue weighted by molar-refractivity contribution is -0.138. The minimum absolute atomic E-state index is 0.185. The molecule has 0 saturated heterocycles. The molecule has 0 aliphatic carbocycles. The normalized spacial score (nSPS) is 14.5. The smallest absolute Gasteiger partial charge is 0.419 e. The quantitative estimate of drug-likeness (QED) is 0.784. The maximum Gasteiger partial charge on any atom is 0.419 e. The highest BCUT2D eigenvalue weighted by Gasteiger charge is 2.36. The SMILES string of the molecule is CCC(N)c1occc1C(F)(F)F. The van der Waals surface area contributed by atoms with E-state index < -0.39 is 17.8 Å². The number of rotatable bonds is 2. The molecule has 0 aliphatic rings. The molecule has 1 aromatic rings. The number of hydrogen-bond acceptors (Lipinski definition) is 2. The van der Waals surface area contributed by atoms with Crippen molar-refractivity contribution in [2.45, 2.75) is 25.6 Å². The summed E-state index contributed by atoms with van der Waals surface area (Å²) in [6.45, 7) is 1.70. The van der Waals surface area contributed by atoms with Crippen molar-refractivity contribution in [1.82, 2.24) is 0 Å². The van der Waals surface area contributed by atoms with Gasteiger partial charge in [0.15, 0.2) is 0 Å². The van der Waals surface area contributed by atoms with Gasteiger partial charge >= 0.3 is 6.18 Å². The molecule has 1 aromatic heterocycles. The Bertz CT molecular complexity index is 279. The van der Waals surface area contributed by atoms with E-state index in [0.717, 1.165) is 12.3 Å². The second-order valence-electron chi connectivity index (χ2n) is 2.71. The van der Waals surface area contributed by atoms with Crippen molar-refractivity contribution in [3.8, 4) is 0 Å². The largest absolute Gasteiger partial charge is 0.467 e. The zero-order valence-corrected chi connectivity index (χ0v) is 7.06. The summed E-state index contributed by atoms with van der Waals surface area (Å²) in [5.41, 5.74) is 4.67. The summed E-state index contributed by atoms with van der Waals surface area (Å²) in [6, 6.07) is 0.205. The fraction of sp³-hybridized carbons (Fsp3) is 0.500. The van der Waals surface area contributed by atoms with E-state index in [9.17, 15) is 13.2 Å². The highest BCUT2D eigenvalue weighted by Crippen LogP contribution is 2.35. The second kappa shape index (κ2) is 3.41. The molecule has 0 radical (unpaired) electrons. The van der Waals surface area contributed by atoms with E-state index in [4.69, 9.17) is 10.2 Å². The van der Waals surface area contributed by atoms with E-state index in [1.807, 2.05) is 0 Å². The van der Waals surface area contributed by atoms with Crippen LogP contribution in [0.1, 0.15) is 30.7 Å². The van der Waals surface area contributed by atoms with Gasteiger partial charge in [-0.3, -0.25) is 0 Å². The van der Waals surface area contributed by atoms with Crippen molar-refractivity contribution >= 4 is 0 Å². The standard InChI is InChI=1S/C8H10F3NO/c1-2-6(12)7-5(3-4-13-7)8(9,10)11/h3-4,6H,2,12H2,1H3. The topological polar surface area (TPSA) is 39.2 Å². The third kappa shape index (κ3) is 2.03. The van der Waals surface area contributed by atoms with Crippen LogP contribution in [-0.2, 0) is 6.18 Å². The molecule has 5 heteroatoms. The van der Waals surface area contributed by atoms with Gasteiger partial charge in [-0.1, -0.05) is 6.92 Å². The molecule has 0 aromatic carbocycles. The van der Waals surface area contributed by atoms with Crippen LogP contribution in [0.4, 0.5) is 13.2 Å². The first kappa shape index (κ1) is 10.1. The van der Waals surface area contributed by atoms with Crippen LogP contribution in [0.25, 0.3) is 0 Å². The average molecular weight is 193 g/mol. The van der Waals surface area contributed by atoms with Gasteiger partial charge in [-0.15, -0.1) is 0 Å². The monoisotopic (exact) mass is 193 g/mol. The number of alkyl halides is 3. The Balaban J connectivity index is 3.03. The van der Waals surface area contributed by atoms with Gasteiger partial charge in [0, 0.05) is 0 Å². The van der Waals surface area contributed by atoms with E-state index in [0.29, 0.717) is 6.42 Å². The molecular formula is C8H10F3NO. The molecule has 0 amide bonds. The maximum atomic E-state index is 12.3. The highest BCUT2D eigenvalue weighted by atomic mass is 19.4. The van der Waals surface area contributed by atoms with Crippen LogP contribution < -0.4 is 5.73 Å². The Kier molecular flexibility index (Phi) is 2.66. The van der Waals surface area contributed by atoms with Gasteiger partial charge < -0.3 is 10.2 Å². The first-order chi connectivity index (χ1) is 5.96. The first-order valence-corrected chi connectivity index (χ1v) is 3.87. The summed E-state index contributed by atoms with van der Waals surface area (Å²) < 4.78 is 41.5. The van der Waals surface area contributed by atoms with E-state index in [1.165, 1.54) is 0 Å². The molecule has 1 rings (SSSR count). The molecule has 0 aliphatic heterocycles. The Morgan fingerprint density at radius 1 is 1.54 bits per heavy atom. The summed E-state index contributed by atoms with van der Waals surface area (Å²) in [4.78, 5) is 0. The maximum absolute atomic E-state index is 12.3. The van der Waals surface area contributed by atoms with Gasteiger partial charge in [-0.05, 0) is 12.5 Å². The highest BCUT2D eigenvalue weighted by molar-refractivity contribution is 5.23. The predicted octanol–water partition coefficient (Wildman–Crippen LogP) is 2.71. The molecule has 0 fully saturated rings. The third-order valence-corrected chi connectivity index (χ3v) is 1.78. The zero-order chi connectivity index (χ0) is 10.1. The van der Waals surface area contributed by atoms with Gasteiger partial charge in [-0.2, -0.15) is 13.2 Å². The molecule has 1 heterocycles. The minimum atomic E-state index is -4.38. The molecular weight excluding hydrogens is 183 g/mol. The number of furan rings is 1. The van der Waals surface area contributed by atoms with Crippen LogP contribution in [0, 0.1) is 0 Å².